The second-order valence-corrected chi connectivity index (χ2v) is 7.38. The number of hydrogen-bond acceptors (Lipinski definition) is 4. The number of piperazine rings is 1. The summed E-state index contributed by atoms with van der Waals surface area (Å²) in [5.74, 6) is 0. The molecule has 19 heavy (non-hydrogen) atoms. The molecule has 1 heterocycles. The average Bonchev–Trinajstić information content (AvgIpc) is 2.37. The van der Waals surface area contributed by atoms with Crippen molar-refractivity contribution in [3.63, 3.8) is 0 Å². The van der Waals surface area contributed by atoms with Gasteiger partial charge in [-0.15, -0.1) is 0 Å². The van der Waals surface area contributed by atoms with E-state index < -0.39 is 9.84 Å². The highest BCUT2D eigenvalue weighted by atomic mass is 32.2. The molecule has 1 aromatic carbocycles. The van der Waals surface area contributed by atoms with Gasteiger partial charge in [0.25, 0.3) is 0 Å². The molecule has 0 saturated carbocycles. The molecule has 0 amide bonds. The molecule has 1 N–H and O–H groups in total. The summed E-state index contributed by atoms with van der Waals surface area (Å²) in [5, 5.41) is 3.43. The van der Waals surface area contributed by atoms with Crippen molar-refractivity contribution < 1.29 is 8.42 Å². The molecule has 0 spiro atoms. The monoisotopic (exact) mass is 282 g/mol. The van der Waals surface area contributed by atoms with Gasteiger partial charge in [0.2, 0.25) is 0 Å². The van der Waals surface area contributed by atoms with Crippen LogP contribution in [-0.2, 0) is 9.84 Å². The molecule has 1 saturated heterocycles. The Morgan fingerprint density at radius 1 is 1.32 bits per heavy atom. The molecule has 0 bridgehead atoms. The Hall–Kier alpha value is -0.910. The van der Waals surface area contributed by atoms with Gasteiger partial charge in [-0.2, -0.15) is 0 Å². The van der Waals surface area contributed by atoms with E-state index in [9.17, 15) is 8.42 Å². The smallest absolute Gasteiger partial charge is 0.175 e. The molecule has 106 valence electrons. The van der Waals surface area contributed by atoms with Gasteiger partial charge in [-0.3, -0.25) is 4.90 Å². The minimum absolute atomic E-state index is 0.318. The van der Waals surface area contributed by atoms with E-state index in [4.69, 9.17) is 0 Å². The zero-order valence-electron chi connectivity index (χ0n) is 11.8. The van der Waals surface area contributed by atoms with Crippen molar-refractivity contribution in [3.8, 4) is 0 Å². The number of nitrogens with one attached hydrogen (secondary N) is 1. The summed E-state index contributed by atoms with van der Waals surface area (Å²) >= 11 is 0. The Labute approximate surface area is 115 Å². The summed E-state index contributed by atoms with van der Waals surface area (Å²) in [4.78, 5) is 2.81. The third kappa shape index (κ3) is 3.55. The Balaban J connectivity index is 2.13. The Bertz CT molecular complexity index is 525. The molecule has 1 aliphatic rings. The van der Waals surface area contributed by atoms with Gasteiger partial charge in [-0.1, -0.05) is 12.1 Å². The van der Waals surface area contributed by atoms with E-state index in [2.05, 4.69) is 24.1 Å². The summed E-state index contributed by atoms with van der Waals surface area (Å²) in [6, 6.07) is 8.07. The van der Waals surface area contributed by atoms with E-state index in [1.807, 2.05) is 12.1 Å². The summed E-state index contributed by atoms with van der Waals surface area (Å²) in [7, 11) is -3.10. The third-order valence-corrected chi connectivity index (χ3v) is 4.87. The average molecular weight is 282 g/mol. The van der Waals surface area contributed by atoms with Crippen molar-refractivity contribution in [2.75, 3.05) is 25.9 Å². The number of nitrogens with zero attached hydrogens (tertiary/aromatic N) is 1. The summed E-state index contributed by atoms with van der Waals surface area (Å²) in [6.45, 7) is 7.42. The first-order valence-electron chi connectivity index (χ1n) is 6.65. The summed E-state index contributed by atoms with van der Waals surface area (Å²) in [6.07, 6.45) is 1.24. The molecule has 1 aliphatic heterocycles. The van der Waals surface area contributed by atoms with Crippen LogP contribution >= 0.6 is 0 Å². The fourth-order valence-corrected chi connectivity index (χ4v) is 3.15. The molecule has 1 fully saturated rings. The molecule has 2 unspecified atom stereocenters. The molecular formula is C14H22N2O2S. The Morgan fingerprint density at radius 2 is 1.95 bits per heavy atom. The van der Waals surface area contributed by atoms with Gasteiger partial charge in [0, 0.05) is 38.0 Å². The lowest BCUT2D eigenvalue weighted by Crippen LogP contribution is -2.49. The molecule has 0 aromatic heterocycles. The molecule has 0 radical (unpaired) electrons. The zero-order valence-corrected chi connectivity index (χ0v) is 12.6. The normalized spacial score (nSPS) is 23.2. The molecule has 5 heteroatoms. The molecule has 0 aliphatic carbocycles. The third-order valence-electron chi connectivity index (χ3n) is 3.74. The van der Waals surface area contributed by atoms with E-state index in [0.717, 1.165) is 19.6 Å². The maximum atomic E-state index is 11.4. The molecular weight excluding hydrogens is 260 g/mol. The van der Waals surface area contributed by atoms with Crippen molar-refractivity contribution >= 4 is 9.84 Å². The van der Waals surface area contributed by atoms with Crippen LogP contribution in [0.2, 0.25) is 0 Å². The number of sulfone groups is 1. The minimum Gasteiger partial charge on any atom is -0.312 e. The first kappa shape index (κ1) is 14.5. The SMILES string of the molecule is CC1CN(C(C)c2ccc(S(C)(=O)=O)cc2)CCN1. The lowest BCUT2D eigenvalue weighted by molar-refractivity contribution is 0.158. The van der Waals surface area contributed by atoms with Crippen LogP contribution < -0.4 is 5.32 Å². The van der Waals surface area contributed by atoms with Crippen LogP contribution in [0.5, 0.6) is 0 Å². The number of rotatable bonds is 3. The van der Waals surface area contributed by atoms with Crippen LogP contribution in [0.25, 0.3) is 0 Å². The van der Waals surface area contributed by atoms with Crippen molar-refractivity contribution in [1.29, 1.82) is 0 Å². The highest BCUT2D eigenvalue weighted by Crippen LogP contribution is 2.22. The molecule has 2 atom stereocenters. The van der Waals surface area contributed by atoms with Crippen molar-refractivity contribution in [1.82, 2.24) is 10.2 Å². The lowest BCUT2D eigenvalue weighted by Gasteiger charge is -2.36. The van der Waals surface area contributed by atoms with Gasteiger partial charge >= 0.3 is 0 Å². The summed E-state index contributed by atoms with van der Waals surface area (Å²) < 4.78 is 22.9. The van der Waals surface area contributed by atoms with Gasteiger partial charge in [0.1, 0.15) is 0 Å². The van der Waals surface area contributed by atoms with Crippen LogP contribution in [0.3, 0.4) is 0 Å². The van der Waals surface area contributed by atoms with Gasteiger partial charge in [0.05, 0.1) is 4.90 Å². The van der Waals surface area contributed by atoms with Crippen molar-refractivity contribution in [3.05, 3.63) is 29.8 Å². The first-order chi connectivity index (χ1) is 8.88. The predicted octanol–water partition coefficient (Wildman–Crippen LogP) is 1.44. The Kier molecular flexibility index (Phi) is 4.28. The number of benzene rings is 1. The zero-order chi connectivity index (χ0) is 14.0. The molecule has 4 nitrogen and oxygen atoms in total. The van der Waals surface area contributed by atoms with Gasteiger partial charge in [-0.05, 0) is 31.5 Å². The lowest BCUT2D eigenvalue weighted by atomic mass is 10.1. The van der Waals surface area contributed by atoms with Crippen LogP contribution in [-0.4, -0.2) is 45.2 Å². The van der Waals surface area contributed by atoms with Crippen molar-refractivity contribution in [2.24, 2.45) is 0 Å². The largest absolute Gasteiger partial charge is 0.312 e. The highest BCUT2D eigenvalue weighted by Gasteiger charge is 2.21. The van der Waals surface area contributed by atoms with Crippen LogP contribution in [0.4, 0.5) is 0 Å². The maximum absolute atomic E-state index is 11.4. The van der Waals surface area contributed by atoms with Gasteiger partial charge in [-0.25, -0.2) is 8.42 Å². The second kappa shape index (κ2) is 5.61. The molecule has 1 aromatic rings. The maximum Gasteiger partial charge on any atom is 0.175 e. The Morgan fingerprint density at radius 3 is 2.47 bits per heavy atom. The van der Waals surface area contributed by atoms with E-state index in [1.165, 1.54) is 11.8 Å². The highest BCUT2D eigenvalue weighted by molar-refractivity contribution is 7.90. The number of hydrogen-bond donors (Lipinski definition) is 1. The first-order valence-corrected chi connectivity index (χ1v) is 8.54. The van der Waals surface area contributed by atoms with E-state index in [-0.39, 0.29) is 0 Å². The fourth-order valence-electron chi connectivity index (χ4n) is 2.52. The quantitative estimate of drug-likeness (QED) is 0.911. The van der Waals surface area contributed by atoms with E-state index in [0.29, 0.717) is 17.0 Å². The van der Waals surface area contributed by atoms with Gasteiger partial charge in [0.15, 0.2) is 9.84 Å². The standard InChI is InChI=1S/C14H22N2O2S/c1-11-10-16(9-8-15-11)12(2)13-4-6-14(7-5-13)19(3,17)18/h4-7,11-12,15H,8-10H2,1-3H3. The summed E-state index contributed by atoms with van der Waals surface area (Å²) in [5.41, 5.74) is 1.17. The van der Waals surface area contributed by atoms with E-state index >= 15 is 0 Å². The van der Waals surface area contributed by atoms with Crippen LogP contribution in [0.1, 0.15) is 25.5 Å². The minimum atomic E-state index is -3.10. The topological polar surface area (TPSA) is 49.4 Å². The van der Waals surface area contributed by atoms with E-state index in [1.54, 1.807) is 12.1 Å². The van der Waals surface area contributed by atoms with Crippen molar-refractivity contribution in [2.45, 2.75) is 30.8 Å². The van der Waals surface area contributed by atoms with Crippen LogP contribution in [0, 0.1) is 0 Å². The second-order valence-electron chi connectivity index (χ2n) is 5.37. The van der Waals surface area contributed by atoms with Crippen LogP contribution in [0.15, 0.2) is 29.2 Å². The van der Waals surface area contributed by atoms with Gasteiger partial charge < -0.3 is 5.32 Å². The predicted molar refractivity (Wildman–Crippen MR) is 77.0 cm³/mol. The fraction of sp³-hybridized carbons (Fsp3) is 0.571. The molecule has 2 rings (SSSR count).